The Hall–Kier alpha value is -2.84. The predicted molar refractivity (Wildman–Crippen MR) is 116 cm³/mol. The Balaban J connectivity index is 1.43. The molecule has 0 N–H and O–H groups in total. The smallest absolute Gasteiger partial charge is 0.247 e. The molecule has 1 aromatic heterocycles. The standard InChI is InChI=1S/C23H31FN6O2/c1-16-5-4-10-29(15-16)22(31)19-8-11-28(12-9-19)23(32)21(30-17(2)25-26-27-30)14-18-6-3-7-20(24)13-18/h3,6-7,13,16,19,21H,4-5,8-12,14-15H2,1-2H3/t16-,21+/m1/s1. The molecule has 0 radical (unpaired) electrons. The molecular weight excluding hydrogens is 411 g/mol. The van der Waals surface area contributed by atoms with Crippen LogP contribution in [-0.2, 0) is 16.0 Å². The summed E-state index contributed by atoms with van der Waals surface area (Å²) in [5.41, 5.74) is 0.711. The normalized spacial score (nSPS) is 20.9. The number of aromatic nitrogens is 4. The molecule has 0 aliphatic carbocycles. The molecule has 4 rings (SSSR count). The molecule has 2 amide bonds. The molecular formula is C23H31FN6O2. The third-order valence-corrected chi connectivity index (χ3v) is 6.68. The monoisotopic (exact) mass is 442 g/mol. The van der Waals surface area contributed by atoms with Crippen molar-refractivity contribution in [2.24, 2.45) is 11.8 Å². The van der Waals surface area contributed by atoms with E-state index in [9.17, 15) is 14.0 Å². The van der Waals surface area contributed by atoms with Gasteiger partial charge in [-0.2, -0.15) is 0 Å². The third-order valence-electron chi connectivity index (χ3n) is 6.68. The minimum atomic E-state index is -0.651. The molecule has 0 saturated carbocycles. The first-order chi connectivity index (χ1) is 15.4. The van der Waals surface area contributed by atoms with Gasteiger partial charge in [0.25, 0.3) is 0 Å². The number of nitrogens with zero attached hydrogens (tertiary/aromatic N) is 6. The maximum Gasteiger partial charge on any atom is 0.247 e. The van der Waals surface area contributed by atoms with Crippen LogP contribution in [0.4, 0.5) is 4.39 Å². The number of carbonyl (C=O) groups excluding carboxylic acids is 2. The van der Waals surface area contributed by atoms with Crippen LogP contribution in [0.2, 0.25) is 0 Å². The van der Waals surface area contributed by atoms with Gasteiger partial charge >= 0.3 is 0 Å². The van der Waals surface area contributed by atoms with Gasteiger partial charge in [0, 0.05) is 38.5 Å². The van der Waals surface area contributed by atoms with E-state index in [2.05, 4.69) is 22.4 Å². The fraction of sp³-hybridized carbons (Fsp3) is 0.609. The van der Waals surface area contributed by atoms with Crippen LogP contribution in [-0.4, -0.2) is 68.0 Å². The summed E-state index contributed by atoms with van der Waals surface area (Å²) in [4.78, 5) is 30.3. The number of carbonyl (C=O) groups is 2. The van der Waals surface area contributed by atoms with Crippen LogP contribution in [0.3, 0.4) is 0 Å². The minimum absolute atomic E-state index is 0.0270. The van der Waals surface area contributed by atoms with E-state index in [1.807, 2.05) is 4.90 Å². The van der Waals surface area contributed by atoms with Crippen molar-refractivity contribution in [2.75, 3.05) is 26.2 Å². The van der Waals surface area contributed by atoms with Gasteiger partial charge in [0.15, 0.2) is 0 Å². The predicted octanol–water partition coefficient (Wildman–Crippen LogP) is 2.40. The molecule has 172 valence electrons. The summed E-state index contributed by atoms with van der Waals surface area (Å²) in [5.74, 6) is 0.856. The summed E-state index contributed by atoms with van der Waals surface area (Å²) in [7, 11) is 0. The number of halogens is 1. The van der Waals surface area contributed by atoms with Crippen molar-refractivity contribution in [2.45, 2.75) is 52.0 Å². The van der Waals surface area contributed by atoms with Crippen LogP contribution >= 0.6 is 0 Å². The zero-order valence-corrected chi connectivity index (χ0v) is 18.8. The first-order valence-corrected chi connectivity index (χ1v) is 11.5. The average molecular weight is 443 g/mol. The summed E-state index contributed by atoms with van der Waals surface area (Å²) >= 11 is 0. The zero-order chi connectivity index (χ0) is 22.7. The molecule has 2 aliphatic heterocycles. The van der Waals surface area contributed by atoms with Crippen LogP contribution < -0.4 is 0 Å². The third kappa shape index (κ3) is 4.97. The largest absolute Gasteiger partial charge is 0.342 e. The molecule has 32 heavy (non-hydrogen) atoms. The maximum absolute atomic E-state index is 13.7. The van der Waals surface area contributed by atoms with Gasteiger partial charge in [-0.1, -0.05) is 19.1 Å². The van der Waals surface area contributed by atoms with Crippen molar-refractivity contribution in [3.8, 4) is 0 Å². The van der Waals surface area contributed by atoms with Gasteiger partial charge in [0.2, 0.25) is 11.8 Å². The van der Waals surface area contributed by atoms with Crippen molar-refractivity contribution in [1.82, 2.24) is 30.0 Å². The lowest BCUT2D eigenvalue weighted by Gasteiger charge is -2.38. The zero-order valence-electron chi connectivity index (χ0n) is 18.8. The summed E-state index contributed by atoms with van der Waals surface area (Å²) in [6, 6.07) is 5.60. The summed E-state index contributed by atoms with van der Waals surface area (Å²) in [5, 5.41) is 11.6. The number of benzene rings is 1. The van der Waals surface area contributed by atoms with Gasteiger partial charge in [-0.25, -0.2) is 9.07 Å². The second-order valence-corrected chi connectivity index (χ2v) is 9.15. The Morgan fingerprint density at radius 2 is 1.94 bits per heavy atom. The Kier molecular flexibility index (Phi) is 6.81. The molecule has 1 aromatic carbocycles. The molecule has 2 aliphatic rings. The van der Waals surface area contributed by atoms with E-state index in [0.717, 1.165) is 19.5 Å². The van der Waals surface area contributed by atoms with Crippen LogP contribution in [0.15, 0.2) is 24.3 Å². The molecule has 8 nitrogen and oxygen atoms in total. The highest BCUT2D eigenvalue weighted by Gasteiger charge is 2.35. The number of hydrogen-bond acceptors (Lipinski definition) is 5. The number of tetrazole rings is 1. The van der Waals surface area contributed by atoms with Crippen LogP contribution in [0, 0.1) is 24.6 Å². The molecule has 0 bridgehead atoms. The molecule has 2 fully saturated rings. The number of likely N-dealkylation sites (tertiary alicyclic amines) is 2. The second-order valence-electron chi connectivity index (χ2n) is 9.15. The lowest BCUT2D eigenvalue weighted by atomic mass is 9.92. The van der Waals surface area contributed by atoms with Crippen LogP contribution in [0.5, 0.6) is 0 Å². The highest BCUT2D eigenvalue weighted by atomic mass is 19.1. The lowest BCUT2D eigenvalue weighted by molar-refractivity contribution is -0.143. The van der Waals surface area contributed by atoms with Crippen molar-refractivity contribution in [3.05, 3.63) is 41.5 Å². The van der Waals surface area contributed by atoms with E-state index >= 15 is 0 Å². The number of rotatable bonds is 5. The summed E-state index contributed by atoms with van der Waals surface area (Å²) < 4.78 is 15.2. The SMILES string of the molecule is Cc1nnnn1[C@@H](Cc1cccc(F)c1)C(=O)N1CCC(C(=O)N2CCC[C@@H](C)C2)CC1. The number of hydrogen-bond donors (Lipinski definition) is 0. The topological polar surface area (TPSA) is 84.2 Å². The van der Waals surface area contributed by atoms with Crippen molar-refractivity contribution < 1.29 is 14.0 Å². The molecule has 0 spiro atoms. The van der Waals surface area contributed by atoms with E-state index in [0.29, 0.717) is 49.7 Å². The van der Waals surface area contributed by atoms with Crippen molar-refractivity contribution in [1.29, 1.82) is 0 Å². The highest BCUT2D eigenvalue weighted by Crippen LogP contribution is 2.26. The summed E-state index contributed by atoms with van der Waals surface area (Å²) in [6.07, 6.45) is 3.87. The van der Waals surface area contributed by atoms with Crippen molar-refractivity contribution >= 4 is 11.8 Å². The Bertz CT molecular complexity index is 955. The molecule has 3 heterocycles. The molecule has 2 aromatic rings. The molecule has 0 unspecified atom stereocenters. The van der Waals surface area contributed by atoms with Crippen LogP contribution in [0.1, 0.15) is 50.0 Å². The van der Waals surface area contributed by atoms with E-state index in [-0.39, 0.29) is 23.5 Å². The van der Waals surface area contributed by atoms with Gasteiger partial charge in [0.1, 0.15) is 17.7 Å². The fourth-order valence-electron chi connectivity index (χ4n) is 4.90. The first-order valence-electron chi connectivity index (χ1n) is 11.5. The van der Waals surface area contributed by atoms with E-state index in [1.54, 1.807) is 24.0 Å². The van der Waals surface area contributed by atoms with Crippen LogP contribution in [0.25, 0.3) is 0 Å². The van der Waals surface area contributed by atoms with Gasteiger partial charge in [-0.3, -0.25) is 9.59 Å². The van der Waals surface area contributed by atoms with E-state index in [1.165, 1.54) is 23.2 Å². The quantitative estimate of drug-likeness (QED) is 0.710. The number of aryl methyl sites for hydroxylation is 1. The number of piperidine rings is 2. The molecule has 9 heteroatoms. The molecule has 2 saturated heterocycles. The average Bonchev–Trinajstić information content (AvgIpc) is 3.22. The second kappa shape index (κ2) is 9.75. The van der Waals surface area contributed by atoms with Gasteiger partial charge in [-0.05, 0) is 66.6 Å². The van der Waals surface area contributed by atoms with Gasteiger partial charge < -0.3 is 9.80 Å². The summed E-state index contributed by atoms with van der Waals surface area (Å²) in [6.45, 7) is 6.68. The number of amides is 2. The van der Waals surface area contributed by atoms with Crippen molar-refractivity contribution in [3.63, 3.8) is 0 Å². The fourth-order valence-corrected chi connectivity index (χ4v) is 4.90. The maximum atomic E-state index is 13.7. The highest BCUT2D eigenvalue weighted by molar-refractivity contribution is 5.82. The lowest BCUT2D eigenvalue weighted by Crippen LogP contribution is -2.48. The Morgan fingerprint density at radius 3 is 2.59 bits per heavy atom. The van der Waals surface area contributed by atoms with E-state index in [4.69, 9.17) is 0 Å². The Morgan fingerprint density at radius 1 is 1.16 bits per heavy atom. The van der Waals surface area contributed by atoms with E-state index < -0.39 is 6.04 Å². The Labute approximate surface area is 187 Å². The van der Waals surface area contributed by atoms with Gasteiger partial charge in [-0.15, -0.1) is 5.10 Å². The van der Waals surface area contributed by atoms with Gasteiger partial charge in [0.05, 0.1) is 0 Å². The minimum Gasteiger partial charge on any atom is -0.342 e. The molecule has 2 atom stereocenters. The first kappa shape index (κ1) is 22.4.